The van der Waals surface area contributed by atoms with Gasteiger partial charge in [0.1, 0.15) is 0 Å². The molecule has 1 aromatic carbocycles. The predicted molar refractivity (Wildman–Crippen MR) is 170 cm³/mol. The zero-order valence-corrected chi connectivity index (χ0v) is 25.8. The molecule has 0 bridgehead atoms. The minimum atomic E-state index is 0.148. The molecule has 212 valence electrons. The highest BCUT2D eigenvalue weighted by molar-refractivity contribution is 5.78. The van der Waals surface area contributed by atoms with Gasteiger partial charge in [0.2, 0.25) is 0 Å². The Balaban J connectivity index is 0.00000127. The second-order valence-electron chi connectivity index (χ2n) is 10.2. The van der Waals surface area contributed by atoms with E-state index in [1.807, 2.05) is 40.9 Å². The lowest BCUT2D eigenvalue weighted by Crippen LogP contribution is -2.32. The van der Waals surface area contributed by atoms with E-state index < -0.39 is 0 Å². The van der Waals surface area contributed by atoms with Gasteiger partial charge in [-0.2, -0.15) is 0 Å². The minimum Gasteiger partial charge on any atom is -0.337 e. The van der Waals surface area contributed by atoms with E-state index in [0.29, 0.717) is 11.8 Å². The first-order valence-corrected chi connectivity index (χ1v) is 15.2. The average Bonchev–Trinajstić information content (AvgIpc) is 3.39. The molecule has 2 unspecified atom stereocenters. The van der Waals surface area contributed by atoms with E-state index in [4.69, 9.17) is 4.99 Å². The fraction of sp³-hybridized carbons (Fsp3) is 0.543. The van der Waals surface area contributed by atoms with E-state index in [2.05, 4.69) is 84.0 Å². The normalized spacial score (nSPS) is 20.7. The summed E-state index contributed by atoms with van der Waals surface area (Å²) in [7, 11) is 0. The van der Waals surface area contributed by atoms with E-state index in [9.17, 15) is 0 Å². The molecule has 1 saturated heterocycles. The van der Waals surface area contributed by atoms with E-state index in [-0.39, 0.29) is 6.04 Å². The van der Waals surface area contributed by atoms with Gasteiger partial charge in [-0.05, 0) is 101 Å². The van der Waals surface area contributed by atoms with Crippen LogP contribution < -0.4 is 5.32 Å². The van der Waals surface area contributed by atoms with E-state index in [0.717, 1.165) is 44.6 Å². The minimum absolute atomic E-state index is 0.148. The molecule has 1 aliphatic heterocycles. The number of nitrogens with one attached hydrogen (secondary N) is 1. The lowest BCUT2D eigenvalue weighted by Gasteiger charge is -2.33. The van der Waals surface area contributed by atoms with Gasteiger partial charge < -0.3 is 9.88 Å². The summed E-state index contributed by atoms with van der Waals surface area (Å²) in [6.45, 7) is 19.6. The first-order valence-electron chi connectivity index (χ1n) is 15.2. The number of benzene rings is 1. The van der Waals surface area contributed by atoms with Crippen LogP contribution in [0.4, 0.5) is 0 Å². The van der Waals surface area contributed by atoms with Gasteiger partial charge in [-0.15, -0.1) is 5.92 Å². The van der Waals surface area contributed by atoms with Gasteiger partial charge in [0.25, 0.3) is 0 Å². The molecule has 4 rings (SSSR count). The molecule has 1 aromatic heterocycles. The van der Waals surface area contributed by atoms with Crippen molar-refractivity contribution in [2.45, 2.75) is 106 Å². The van der Waals surface area contributed by atoms with Crippen LogP contribution in [-0.2, 0) is 6.54 Å². The number of aromatic nitrogens is 2. The lowest BCUT2D eigenvalue weighted by atomic mass is 9.74. The van der Waals surface area contributed by atoms with Crippen molar-refractivity contribution in [3.05, 3.63) is 70.8 Å². The maximum Gasteiger partial charge on any atom is 0.0949 e. The second-order valence-corrected chi connectivity index (χ2v) is 10.2. The van der Waals surface area contributed by atoms with Gasteiger partial charge in [0, 0.05) is 12.7 Å². The standard InChI is InChI=1S/C31H40N4.2C2H6/c1-5-6-13-33-28-18-24(3)17-27(8-7-16-35-21-25(4)34-22-35)30-19-23(2)9-10-29(30)31(20-28)26-11-14-32-15-12-26;2*1-2/h9-10,13,17-19,21-22,26,28,31-32H,7-8,11-12,14-16,20H2,1-4H3;2*1-2H3/b24-18?,27-17-,33-13?;;. The first kappa shape index (κ1) is 32.3. The van der Waals surface area contributed by atoms with Crippen molar-refractivity contribution in [3.8, 4) is 11.8 Å². The topological polar surface area (TPSA) is 42.2 Å². The van der Waals surface area contributed by atoms with Gasteiger partial charge >= 0.3 is 0 Å². The molecule has 4 nitrogen and oxygen atoms in total. The Kier molecular flexibility index (Phi) is 14.6. The van der Waals surface area contributed by atoms with Crippen molar-refractivity contribution in [2.75, 3.05) is 13.1 Å². The summed E-state index contributed by atoms with van der Waals surface area (Å²) < 4.78 is 2.21. The van der Waals surface area contributed by atoms with Crippen molar-refractivity contribution in [1.82, 2.24) is 14.9 Å². The smallest absolute Gasteiger partial charge is 0.0949 e. The van der Waals surface area contributed by atoms with Crippen LogP contribution in [0.2, 0.25) is 0 Å². The number of fused-ring (bicyclic) bond motifs is 1. The summed E-state index contributed by atoms with van der Waals surface area (Å²) in [4.78, 5) is 9.29. The molecule has 1 fully saturated rings. The third kappa shape index (κ3) is 9.97. The highest BCUT2D eigenvalue weighted by atomic mass is 15.0. The van der Waals surface area contributed by atoms with Crippen molar-refractivity contribution >= 4 is 11.8 Å². The number of piperidine rings is 1. The number of imidazole rings is 1. The van der Waals surface area contributed by atoms with Crippen molar-refractivity contribution < 1.29 is 0 Å². The molecular formula is C35H52N4. The third-order valence-corrected chi connectivity index (χ3v) is 7.36. The summed E-state index contributed by atoms with van der Waals surface area (Å²) in [6.07, 6.45) is 16.3. The summed E-state index contributed by atoms with van der Waals surface area (Å²) in [5, 5.41) is 3.56. The highest BCUT2D eigenvalue weighted by Crippen LogP contribution is 2.41. The number of rotatable bonds is 6. The summed E-state index contributed by atoms with van der Waals surface area (Å²) in [5.74, 6) is 7.15. The summed E-state index contributed by atoms with van der Waals surface area (Å²) in [5.41, 5.74) is 8.11. The molecule has 2 aromatic rings. The number of allylic oxidation sites excluding steroid dienone is 3. The van der Waals surface area contributed by atoms with Crippen LogP contribution in [0.15, 0.2) is 53.4 Å². The van der Waals surface area contributed by atoms with Gasteiger partial charge in [0.15, 0.2) is 0 Å². The lowest BCUT2D eigenvalue weighted by molar-refractivity contribution is 0.302. The number of aliphatic imine (C=N–C) groups is 1. The fourth-order valence-corrected chi connectivity index (χ4v) is 5.68. The maximum atomic E-state index is 4.90. The van der Waals surface area contributed by atoms with Crippen LogP contribution in [0, 0.1) is 31.6 Å². The van der Waals surface area contributed by atoms with Gasteiger partial charge in [-0.25, -0.2) is 4.98 Å². The molecule has 2 heterocycles. The molecule has 0 amide bonds. The Morgan fingerprint density at radius 1 is 1.10 bits per heavy atom. The Morgan fingerprint density at radius 3 is 2.51 bits per heavy atom. The molecule has 1 N–H and O–H groups in total. The predicted octanol–water partition coefficient (Wildman–Crippen LogP) is 8.31. The van der Waals surface area contributed by atoms with Crippen molar-refractivity contribution in [3.63, 3.8) is 0 Å². The van der Waals surface area contributed by atoms with E-state index in [1.165, 1.54) is 40.7 Å². The Bertz CT molecular complexity index is 1150. The maximum absolute atomic E-state index is 4.90. The zero-order chi connectivity index (χ0) is 28.6. The first-order chi connectivity index (χ1) is 19.0. The Labute approximate surface area is 239 Å². The van der Waals surface area contributed by atoms with Crippen molar-refractivity contribution in [1.29, 1.82) is 0 Å². The summed E-state index contributed by atoms with van der Waals surface area (Å²) in [6, 6.07) is 7.29. The van der Waals surface area contributed by atoms with Crippen LogP contribution in [0.25, 0.3) is 5.57 Å². The van der Waals surface area contributed by atoms with Crippen molar-refractivity contribution in [2.24, 2.45) is 10.9 Å². The zero-order valence-electron chi connectivity index (χ0n) is 25.8. The molecule has 1 aliphatic carbocycles. The van der Waals surface area contributed by atoms with Crippen LogP contribution in [0.3, 0.4) is 0 Å². The molecule has 0 radical (unpaired) electrons. The highest BCUT2D eigenvalue weighted by Gasteiger charge is 2.30. The molecule has 2 atom stereocenters. The molecule has 4 heteroatoms. The molecule has 0 spiro atoms. The van der Waals surface area contributed by atoms with Crippen LogP contribution in [0.1, 0.15) is 102 Å². The number of nitrogens with zero attached hydrogens (tertiary/aromatic N) is 3. The van der Waals surface area contributed by atoms with E-state index >= 15 is 0 Å². The summed E-state index contributed by atoms with van der Waals surface area (Å²) >= 11 is 0. The SMILES string of the molecule is CC.CC.CC#CC=NC1C=C(C)/C=C(/CCCn2cnc(C)c2)c2cc(C)ccc2C(C2CCNCC2)C1. The quantitative estimate of drug-likeness (QED) is 0.303. The number of aryl methyl sites for hydroxylation is 3. The monoisotopic (exact) mass is 528 g/mol. The van der Waals surface area contributed by atoms with Gasteiger partial charge in [-0.3, -0.25) is 4.99 Å². The third-order valence-electron chi connectivity index (χ3n) is 7.36. The second kappa shape index (κ2) is 17.6. The average molecular weight is 529 g/mol. The number of hydrogen-bond donors (Lipinski definition) is 1. The van der Waals surface area contributed by atoms with E-state index in [1.54, 1.807) is 6.21 Å². The molecular weight excluding hydrogens is 476 g/mol. The molecule has 2 aliphatic rings. The van der Waals surface area contributed by atoms with Crippen LogP contribution >= 0.6 is 0 Å². The molecule has 0 saturated carbocycles. The van der Waals surface area contributed by atoms with Gasteiger partial charge in [0.05, 0.1) is 24.3 Å². The number of hydrogen-bond acceptors (Lipinski definition) is 3. The molecule has 39 heavy (non-hydrogen) atoms. The Morgan fingerprint density at radius 2 is 1.85 bits per heavy atom. The van der Waals surface area contributed by atoms with Crippen LogP contribution in [-0.4, -0.2) is 34.9 Å². The Hall–Kier alpha value is -2.90. The fourth-order valence-electron chi connectivity index (χ4n) is 5.68. The van der Waals surface area contributed by atoms with Gasteiger partial charge in [-0.1, -0.05) is 75.1 Å². The van der Waals surface area contributed by atoms with Crippen LogP contribution in [0.5, 0.6) is 0 Å². The largest absolute Gasteiger partial charge is 0.337 e.